The molecule has 1 atom stereocenters. The van der Waals surface area contributed by atoms with E-state index in [9.17, 15) is 0 Å². The van der Waals surface area contributed by atoms with Gasteiger partial charge in [0.1, 0.15) is 11.1 Å². The molecule has 114 valence electrons. The first-order chi connectivity index (χ1) is 10.3. The van der Waals surface area contributed by atoms with E-state index >= 15 is 0 Å². The molecule has 3 nitrogen and oxygen atoms in total. The van der Waals surface area contributed by atoms with Crippen molar-refractivity contribution in [2.24, 2.45) is 0 Å². The zero-order valence-electron chi connectivity index (χ0n) is 13.1. The fraction of sp³-hybridized carbons (Fsp3) is 0.471. The largest absolute Gasteiger partial charge is 0.370 e. The molecule has 0 aliphatic rings. The highest BCUT2D eigenvalue weighted by Gasteiger charge is 2.20. The van der Waals surface area contributed by atoms with Gasteiger partial charge in [0.25, 0.3) is 0 Å². The maximum atomic E-state index is 5.70. The highest BCUT2D eigenvalue weighted by atomic mass is 32.1. The lowest BCUT2D eigenvalue weighted by Crippen LogP contribution is -2.11. The molecule has 4 heteroatoms. The van der Waals surface area contributed by atoms with Gasteiger partial charge in [-0.05, 0) is 18.5 Å². The van der Waals surface area contributed by atoms with Gasteiger partial charge >= 0.3 is 0 Å². The predicted octanol–water partition coefficient (Wildman–Crippen LogP) is 3.94. The molecule has 2 rings (SSSR count). The van der Waals surface area contributed by atoms with Crippen molar-refractivity contribution in [1.82, 2.24) is 10.3 Å². The van der Waals surface area contributed by atoms with E-state index in [-0.39, 0.29) is 6.10 Å². The number of aryl methyl sites for hydroxylation is 1. The average molecular weight is 304 g/mol. The van der Waals surface area contributed by atoms with Crippen LogP contribution in [0.1, 0.15) is 47.5 Å². The Balaban J connectivity index is 2.28. The molecule has 0 amide bonds. The first-order valence-corrected chi connectivity index (χ1v) is 8.38. The summed E-state index contributed by atoms with van der Waals surface area (Å²) in [6.07, 6.45) is 2.08. The second-order valence-corrected chi connectivity index (χ2v) is 6.09. The van der Waals surface area contributed by atoms with Gasteiger partial charge in [0.15, 0.2) is 0 Å². The molecule has 0 saturated carbocycles. The van der Waals surface area contributed by atoms with Gasteiger partial charge in [-0.25, -0.2) is 4.98 Å². The lowest BCUT2D eigenvalue weighted by Gasteiger charge is -2.12. The Labute approximate surface area is 131 Å². The molecule has 1 N–H and O–H groups in total. The number of ether oxygens (including phenoxy) is 1. The van der Waals surface area contributed by atoms with E-state index in [2.05, 4.69) is 31.3 Å². The van der Waals surface area contributed by atoms with Crippen molar-refractivity contribution in [2.75, 3.05) is 13.7 Å². The van der Waals surface area contributed by atoms with Crippen molar-refractivity contribution in [3.8, 4) is 0 Å². The molecule has 1 heterocycles. The van der Waals surface area contributed by atoms with Gasteiger partial charge in [0, 0.05) is 18.5 Å². The van der Waals surface area contributed by atoms with Crippen LogP contribution in [0, 0.1) is 0 Å². The highest BCUT2D eigenvalue weighted by Crippen LogP contribution is 2.31. The van der Waals surface area contributed by atoms with Crippen LogP contribution in [0.25, 0.3) is 0 Å². The number of aromatic nitrogens is 1. The molecule has 21 heavy (non-hydrogen) atoms. The van der Waals surface area contributed by atoms with Crippen LogP contribution in [0.2, 0.25) is 0 Å². The minimum Gasteiger partial charge on any atom is -0.370 e. The quantitative estimate of drug-likeness (QED) is 0.802. The van der Waals surface area contributed by atoms with Gasteiger partial charge in [0.05, 0.1) is 5.69 Å². The summed E-state index contributed by atoms with van der Waals surface area (Å²) in [6, 6.07) is 10.3. The van der Waals surface area contributed by atoms with Crippen molar-refractivity contribution >= 4 is 11.3 Å². The standard InChI is InChI=1S/C17H24N2OS/c1-4-9-14-15(12-18-5-2)21-17(19-14)16(20-3)13-10-7-6-8-11-13/h6-8,10-11,16,18H,4-5,9,12H2,1-3H3. The number of hydrogen-bond donors (Lipinski definition) is 1. The van der Waals surface area contributed by atoms with Crippen LogP contribution in [-0.4, -0.2) is 18.6 Å². The van der Waals surface area contributed by atoms with Crippen LogP contribution < -0.4 is 5.32 Å². The number of nitrogens with zero attached hydrogens (tertiary/aromatic N) is 1. The summed E-state index contributed by atoms with van der Waals surface area (Å²) in [7, 11) is 1.75. The van der Waals surface area contributed by atoms with Crippen molar-refractivity contribution in [2.45, 2.75) is 39.3 Å². The van der Waals surface area contributed by atoms with E-state index in [0.29, 0.717) is 0 Å². The summed E-state index contributed by atoms with van der Waals surface area (Å²) >= 11 is 1.77. The molecule has 0 bridgehead atoms. The van der Waals surface area contributed by atoms with E-state index in [4.69, 9.17) is 9.72 Å². The van der Waals surface area contributed by atoms with Crippen molar-refractivity contribution in [3.05, 3.63) is 51.5 Å². The van der Waals surface area contributed by atoms with Crippen molar-refractivity contribution in [1.29, 1.82) is 0 Å². The summed E-state index contributed by atoms with van der Waals surface area (Å²) in [5.41, 5.74) is 2.38. The van der Waals surface area contributed by atoms with E-state index in [0.717, 1.165) is 36.5 Å². The predicted molar refractivity (Wildman–Crippen MR) is 88.8 cm³/mol. The molecule has 0 aliphatic carbocycles. The third-order valence-corrected chi connectivity index (χ3v) is 4.52. The molecule has 0 fully saturated rings. The van der Waals surface area contributed by atoms with E-state index in [1.165, 1.54) is 10.6 Å². The molecule has 0 saturated heterocycles. The molecular weight excluding hydrogens is 280 g/mol. The van der Waals surface area contributed by atoms with Gasteiger partial charge in [0.2, 0.25) is 0 Å². The summed E-state index contributed by atoms with van der Waals surface area (Å²) < 4.78 is 5.70. The van der Waals surface area contributed by atoms with Gasteiger partial charge in [-0.1, -0.05) is 50.6 Å². The average Bonchev–Trinajstić information content (AvgIpc) is 2.90. The molecule has 1 aromatic heterocycles. The van der Waals surface area contributed by atoms with Crippen LogP contribution in [0.15, 0.2) is 30.3 Å². The smallest absolute Gasteiger partial charge is 0.134 e. The van der Waals surface area contributed by atoms with Crippen LogP contribution in [0.3, 0.4) is 0 Å². The maximum Gasteiger partial charge on any atom is 0.134 e. The summed E-state index contributed by atoms with van der Waals surface area (Å²) in [4.78, 5) is 6.19. The molecule has 0 aliphatic heterocycles. The van der Waals surface area contributed by atoms with Crippen LogP contribution in [0.5, 0.6) is 0 Å². The minimum absolute atomic E-state index is 0.0674. The number of rotatable bonds is 8. The number of thiazole rings is 1. The number of nitrogens with one attached hydrogen (secondary N) is 1. The number of hydrogen-bond acceptors (Lipinski definition) is 4. The van der Waals surface area contributed by atoms with Gasteiger partial charge in [-0.3, -0.25) is 0 Å². The molecule has 0 radical (unpaired) electrons. The molecular formula is C17H24N2OS. The lowest BCUT2D eigenvalue weighted by molar-refractivity contribution is 0.136. The molecule has 1 aromatic carbocycles. The third-order valence-electron chi connectivity index (χ3n) is 3.38. The molecule has 0 spiro atoms. The second-order valence-electron chi connectivity index (χ2n) is 4.98. The fourth-order valence-electron chi connectivity index (χ4n) is 2.33. The van der Waals surface area contributed by atoms with Gasteiger partial charge < -0.3 is 10.1 Å². The van der Waals surface area contributed by atoms with Crippen molar-refractivity contribution in [3.63, 3.8) is 0 Å². The second kappa shape index (κ2) is 8.27. The van der Waals surface area contributed by atoms with Crippen molar-refractivity contribution < 1.29 is 4.74 Å². The lowest BCUT2D eigenvalue weighted by atomic mass is 10.1. The van der Waals surface area contributed by atoms with Gasteiger partial charge in [-0.2, -0.15) is 0 Å². The Morgan fingerprint density at radius 3 is 2.62 bits per heavy atom. The first kappa shape index (κ1) is 16.1. The fourth-order valence-corrected chi connectivity index (χ4v) is 3.52. The van der Waals surface area contributed by atoms with Gasteiger partial charge in [-0.15, -0.1) is 11.3 Å². The molecule has 1 unspecified atom stereocenters. The monoisotopic (exact) mass is 304 g/mol. The Morgan fingerprint density at radius 1 is 1.24 bits per heavy atom. The Morgan fingerprint density at radius 2 is 2.00 bits per heavy atom. The summed E-state index contributed by atoms with van der Waals surface area (Å²) in [5, 5.41) is 4.46. The third kappa shape index (κ3) is 4.13. The summed E-state index contributed by atoms with van der Waals surface area (Å²) in [6.45, 7) is 6.20. The van der Waals surface area contributed by atoms with Crippen LogP contribution >= 0.6 is 11.3 Å². The highest BCUT2D eigenvalue weighted by molar-refractivity contribution is 7.11. The van der Waals surface area contributed by atoms with E-state index in [1.807, 2.05) is 18.2 Å². The Kier molecular flexibility index (Phi) is 6.36. The van der Waals surface area contributed by atoms with E-state index in [1.54, 1.807) is 18.4 Å². The minimum atomic E-state index is -0.0674. The van der Waals surface area contributed by atoms with E-state index < -0.39 is 0 Å². The zero-order chi connectivity index (χ0) is 15.1. The Hall–Kier alpha value is -1.23. The Bertz CT molecular complexity index is 539. The zero-order valence-corrected chi connectivity index (χ0v) is 13.9. The number of benzene rings is 1. The summed E-state index contributed by atoms with van der Waals surface area (Å²) in [5.74, 6) is 0. The SMILES string of the molecule is CCCc1nc(C(OC)c2ccccc2)sc1CNCC. The maximum absolute atomic E-state index is 5.70. The topological polar surface area (TPSA) is 34.1 Å². The first-order valence-electron chi connectivity index (χ1n) is 7.57. The number of methoxy groups -OCH3 is 1. The van der Waals surface area contributed by atoms with Crippen LogP contribution in [-0.2, 0) is 17.7 Å². The van der Waals surface area contributed by atoms with Crippen LogP contribution in [0.4, 0.5) is 0 Å². The normalized spacial score (nSPS) is 12.5. The molecule has 2 aromatic rings.